The van der Waals surface area contributed by atoms with E-state index < -0.39 is 18.2 Å². The number of anilines is 1. The van der Waals surface area contributed by atoms with Crippen LogP contribution in [0, 0.1) is 0 Å². The maximum absolute atomic E-state index is 15.0. The van der Waals surface area contributed by atoms with Crippen molar-refractivity contribution < 1.29 is 23.5 Å². The number of amides is 1. The molecule has 40 heavy (non-hydrogen) atoms. The Balaban J connectivity index is 1.67. The highest BCUT2D eigenvalue weighted by Crippen LogP contribution is 2.21. The van der Waals surface area contributed by atoms with Crippen LogP contribution < -0.4 is 10.1 Å². The molecule has 1 amide bonds. The molecular formula is C32H36FIN2O4. The van der Waals surface area contributed by atoms with E-state index in [-0.39, 0.29) is 24.1 Å². The van der Waals surface area contributed by atoms with Crippen molar-refractivity contribution in [2.24, 2.45) is 0 Å². The number of hydrogen-bond donors (Lipinski definition) is 1. The summed E-state index contributed by atoms with van der Waals surface area (Å²) in [5, 5.41) is 2.86. The minimum Gasteiger partial charge on any atom is -0.490 e. The van der Waals surface area contributed by atoms with E-state index in [4.69, 9.17) is 9.47 Å². The zero-order valence-corrected chi connectivity index (χ0v) is 25.0. The molecule has 2 atom stereocenters. The second-order valence-electron chi connectivity index (χ2n) is 9.62. The fourth-order valence-electron chi connectivity index (χ4n) is 3.97. The van der Waals surface area contributed by atoms with Crippen molar-refractivity contribution in [2.75, 3.05) is 18.5 Å². The fourth-order valence-corrected chi connectivity index (χ4v) is 4.33. The number of allylic oxidation sites excluding steroid dienone is 1. The van der Waals surface area contributed by atoms with Gasteiger partial charge in [0.1, 0.15) is 18.5 Å². The molecule has 0 unspecified atom stereocenters. The van der Waals surface area contributed by atoms with E-state index in [2.05, 4.69) is 46.7 Å². The number of nitrogens with zero attached hydrogens (tertiary/aromatic N) is 1. The summed E-state index contributed by atoms with van der Waals surface area (Å²) in [7, 11) is 0. The van der Waals surface area contributed by atoms with Crippen molar-refractivity contribution >= 4 is 40.2 Å². The fraction of sp³-hybridized carbons (Fsp3) is 0.312. The molecule has 0 fully saturated rings. The average molecular weight is 659 g/mol. The van der Waals surface area contributed by atoms with E-state index in [1.54, 1.807) is 54.6 Å². The molecule has 3 rings (SSSR count). The summed E-state index contributed by atoms with van der Waals surface area (Å²) in [6, 6.07) is 25.4. The number of carbonyl (C=O) groups is 2. The number of hydrogen-bond acceptors (Lipinski definition) is 5. The Morgan fingerprint density at radius 2 is 1.62 bits per heavy atom. The van der Waals surface area contributed by atoms with Gasteiger partial charge in [-0.15, -0.1) is 0 Å². The van der Waals surface area contributed by atoms with Gasteiger partial charge in [0.2, 0.25) is 12.1 Å². The molecule has 3 aromatic rings. The summed E-state index contributed by atoms with van der Waals surface area (Å²) in [5.41, 5.74) is 2.04. The van der Waals surface area contributed by atoms with Crippen molar-refractivity contribution in [3.8, 4) is 5.75 Å². The number of esters is 1. The van der Waals surface area contributed by atoms with Gasteiger partial charge in [-0.25, -0.2) is 9.18 Å². The lowest BCUT2D eigenvalue weighted by Gasteiger charge is -2.31. The smallest absolute Gasteiger partial charge is 0.345 e. The zero-order chi connectivity index (χ0) is 28.7. The minimum atomic E-state index is -1.89. The first kappa shape index (κ1) is 31.3. The first-order valence-corrected chi connectivity index (χ1v) is 14.6. The molecule has 0 bridgehead atoms. The number of nitrogens with one attached hydrogen (secondary N) is 1. The quantitative estimate of drug-likeness (QED) is 0.138. The van der Waals surface area contributed by atoms with Gasteiger partial charge in [0.25, 0.3) is 0 Å². The molecule has 0 aliphatic carbocycles. The lowest BCUT2D eigenvalue weighted by atomic mass is 10.1. The first-order valence-electron chi connectivity index (χ1n) is 13.3. The van der Waals surface area contributed by atoms with Crippen molar-refractivity contribution in [3.05, 3.63) is 106 Å². The van der Waals surface area contributed by atoms with Gasteiger partial charge in [0.05, 0.1) is 0 Å². The molecule has 0 saturated carbocycles. The molecule has 0 aromatic heterocycles. The zero-order valence-electron chi connectivity index (χ0n) is 22.8. The predicted molar refractivity (Wildman–Crippen MR) is 165 cm³/mol. The van der Waals surface area contributed by atoms with Crippen molar-refractivity contribution in [1.29, 1.82) is 0 Å². The van der Waals surface area contributed by atoms with Gasteiger partial charge in [-0.05, 0) is 59.7 Å². The number of ether oxygens (including phenoxy) is 2. The van der Waals surface area contributed by atoms with Gasteiger partial charge in [0.15, 0.2) is 0 Å². The van der Waals surface area contributed by atoms with Gasteiger partial charge in [0, 0.05) is 31.2 Å². The number of alkyl halides is 1. The van der Waals surface area contributed by atoms with Gasteiger partial charge in [-0.1, -0.05) is 89.3 Å². The van der Waals surface area contributed by atoms with Crippen molar-refractivity contribution in [2.45, 2.75) is 51.6 Å². The van der Waals surface area contributed by atoms with Gasteiger partial charge in [-0.3, -0.25) is 9.69 Å². The maximum atomic E-state index is 15.0. The van der Waals surface area contributed by atoms with Crippen LogP contribution in [0.1, 0.15) is 44.0 Å². The molecular weight excluding hydrogens is 622 g/mol. The second kappa shape index (κ2) is 16.8. The molecule has 0 aliphatic heterocycles. The van der Waals surface area contributed by atoms with Crippen LogP contribution in [0.4, 0.5) is 10.1 Å². The summed E-state index contributed by atoms with van der Waals surface area (Å²) < 4.78 is 28.5. The van der Waals surface area contributed by atoms with E-state index in [1.165, 1.54) is 0 Å². The van der Waals surface area contributed by atoms with Crippen molar-refractivity contribution in [3.63, 3.8) is 0 Å². The molecule has 0 aliphatic rings. The number of halogens is 2. The Kier molecular flexibility index (Phi) is 13.1. The average Bonchev–Trinajstić information content (AvgIpc) is 2.97. The summed E-state index contributed by atoms with van der Waals surface area (Å²) in [4.78, 5) is 27.0. The van der Waals surface area contributed by atoms with Crippen LogP contribution in [0.3, 0.4) is 0 Å². The first-order chi connectivity index (χ1) is 19.4. The SMILES string of the molecule is CC(C)N(Cc1ccccc1)C[C@@H](COc1ccc(NC(=O)CC/C=C/I)cc1)OC(=O)[C@H](F)c1ccccc1. The standard InChI is InChI=1S/C32H36FIN2O4/c1-24(2)36(21-25-11-5-3-6-12-25)22-29(40-32(38)31(33)26-13-7-4-8-14-26)23-39-28-18-16-27(17-19-28)35-30(37)15-9-10-20-34/h3-8,10-14,16-20,24,29,31H,9,15,21-23H2,1-2H3,(H,35,37)/b20-10+/t29-,31+/m0/s1. The number of carbonyl (C=O) groups excluding carboxylic acids is 2. The van der Waals surface area contributed by atoms with Crippen LogP contribution in [-0.4, -0.2) is 42.1 Å². The van der Waals surface area contributed by atoms with E-state index in [0.29, 0.717) is 37.4 Å². The Labute approximate surface area is 249 Å². The predicted octanol–water partition coefficient (Wildman–Crippen LogP) is 7.27. The molecule has 8 heteroatoms. The lowest BCUT2D eigenvalue weighted by molar-refractivity contribution is -0.158. The Morgan fingerprint density at radius 1 is 0.975 bits per heavy atom. The maximum Gasteiger partial charge on any atom is 0.345 e. The highest BCUT2D eigenvalue weighted by Gasteiger charge is 2.27. The molecule has 0 spiro atoms. The monoisotopic (exact) mass is 658 g/mol. The van der Waals surface area contributed by atoms with Gasteiger partial charge in [-0.2, -0.15) is 0 Å². The van der Waals surface area contributed by atoms with Crippen LogP contribution >= 0.6 is 22.6 Å². The number of benzene rings is 3. The highest BCUT2D eigenvalue weighted by molar-refractivity contribution is 14.1. The van der Waals surface area contributed by atoms with E-state index in [1.807, 2.05) is 40.5 Å². The summed E-state index contributed by atoms with van der Waals surface area (Å²) in [5.74, 6) is -0.467. The Hall–Kier alpha value is -3.24. The molecule has 3 aromatic carbocycles. The van der Waals surface area contributed by atoms with Crippen LogP contribution in [0.5, 0.6) is 5.75 Å². The van der Waals surface area contributed by atoms with Gasteiger partial charge < -0.3 is 14.8 Å². The van der Waals surface area contributed by atoms with Gasteiger partial charge >= 0.3 is 5.97 Å². The second-order valence-corrected chi connectivity index (χ2v) is 10.3. The summed E-state index contributed by atoms with van der Waals surface area (Å²) in [6.07, 6.45) is 0.411. The Bertz CT molecular complexity index is 1210. The normalized spacial score (nSPS) is 12.8. The molecule has 0 heterocycles. The highest BCUT2D eigenvalue weighted by atomic mass is 127. The van der Waals surface area contributed by atoms with Crippen LogP contribution in [0.25, 0.3) is 0 Å². The molecule has 0 radical (unpaired) electrons. The van der Waals surface area contributed by atoms with E-state index >= 15 is 0 Å². The van der Waals surface area contributed by atoms with E-state index in [0.717, 1.165) is 5.56 Å². The third kappa shape index (κ3) is 10.7. The number of rotatable bonds is 15. The third-order valence-corrected chi connectivity index (χ3v) is 6.69. The Morgan fingerprint density at radius 3 is 2.25 bits per heavy atom. The topological polar surface area (TPSA) is 67.9 Å². The molecule has 6 nitrogen and oxygen atoms in total. The summed E-state index contributed by atoms with van der Waals surface area (Å²) >= 11 is 2.12. The molecule has 0 saturated heterocycles. The summed E-state index contributed by atoms with van der Waals surface area (Å²) in [6.45, 7) is 5.18. The van der Waals surface area contributed by atoms with Crippen LogP contribution in [0.2, 0.25) is 0 Å². The third-order valence-electron chi connectivity index (χ3n) is 6.18. The van der Waals surface area contributed by atoms with Crippen LogP contribution in [-0.2, 0) is 20.9 Å². The molecule has 1 N–H and O–H groups in total. The molecule has 212 valence electrons. The lowest BCUT2D eigenvalue weighted by Crippen LogP contribution is -2.42. The van der Waals surface area contributed by atoms with Crippen LogP contribution in [0.15, 0.2) is 95.1 Å². The van der Waals surface area contributed by atoms with E-state index in [9.17, 15) is 14.0 Å². The largest absolute Gasteiger partial charge is 0.490 e. The minimum absolute atomic E-state index is 0.0413. The van der Waals surface area contributed by atoms with Crippen molar-refractivity contribution in [1.82, 2.24) is 4.90 Å².